The quantitative estimate of drug-likeness (QED) is 0.318. The molecule has 0 saturated heterocycles. The minimum Gasteiger partial charge on any atom is -0.158 e. The van der Waals surface area contributed by atoms with Crippen LogP contribution in [0.2, 0.25) is 0 Å². The number of rotatable bonds is 13. The van der Waals surface area contributed by atoms with E-state index < -0.39 is 10.8 Å². The summed E-state index contributed by atoms with van der Waals surface area (Å²) in [5, 5.41) is 0. The van der Waals surface area contributed by atoms with Crippen molar-refractivity contribution in [3.63, 3.8) is 0 Å². The molecule has 2 N–H and O–H groups in total. The van der Waals surface area contributed by atoms with Crippen LogP contribution in [0.25, 0.3) is 0 Å². The molecule has 0 aliphatic heterocycles. The molecule has 0 aromatic heterocycles. The zero-order valence-corrected chi connectivity index (χ0v) is 12.2. The van der Waals surface area contributed by atoms with E-state index in [1.807, 2.05) is 0 Å². The Morgan fingerprint density at radius 3 is 1.78 bits per heavy atom. The fraction of sp³-hybridized carbons (Fsp3) is 1.00. The predicted molar refractivity (Wildman–Crippen MR) is 71.8 cm³/mol. The van der Waals surface area contributed by atoms with Crippen molar-refractivity contribution < 1.29 is 17.2 Å². The van der Waals surface area contributed by atoms with Crippen LogP contribution in [0.5, 0.6) is 0 Å². The lowest BCUT2D eigenvalue weighted by molar-refractivity contribution is 0.152. The number of unbranched alkanes of at least 4 members (excludes halogenated alkanes) is 9. The highest BCUT2D eigenvalue weighted by Crippen LogP contribution is 2.11. The average Bonchev–Trinajstić information content (AvgIpc) is 2.36. The summed E-state index contributed by atoms with van der Waals surface area (Å²) in [6.45, 7) is 2.37. The number of nitrogens with two attached hydrogens (primary N) is 1. The third-order valence-corrected chi connectivity index (χ3v) is 3.53. The molecular weight excluding hydrogens is 254 g/mol. The molecule has 0 heterocycles. The zero-order chi connectivity index (χ0) is 13.7. The van der Waals surface area contributed by atoms with Crippen LogP contribution in [0, 0.1) is 0 Å². The smallest absolute Gasteiger partial charge is 0.158 e. The lowest BCUT2D eigenvalue weighted by Gasteiger charge is -2.01. The standard InChI is InChI=1S/C12H27NO4S/c1-2-3-4-5-6-7-8-9-10-11-12-16-18(14,15)17-13/h2-13H2,1H3/q+1. The highest BCUT2D eigenvalue weighted by molar-refractivity contribution is 7.88. The third-order valence-electron chi connectivity index (χ3n) is 2.84. The molecule has 0 amide bonds. The Labute approximate surface area is 112 Å². The van der Waals surface area contributed by atoms with Gasteiger partial charge in [0.25, 0.3) is 0 Å². The minimum absolute atomic E-state index is 0.149. The number of hydrogen-bond donors (Lipinski definition) is 1. The molecule has 0 bridgehead atoms. The average molecular weight is 281 g/mol. The fourth-order valence-corrected chi connectivity index (χ4v) is 2.16. The van der Waals surface area contributed by atoms with Crippen LogP contribution in [0.15, 0.2) is 0 Å². The van der Waals surface area contributed by atoms with E-state index in [0.717, 1.165) is 19.3 Å². The van der Waals surface area contributed by atoms with Crippen LogP contribution in [0.4, 0.5) is 0 Å². The molecule has 1 radical (unpaired) electrons. The topological polar surface area (TPSA) is 81.5 Å². The molecule has 0 fully saturated rings. The summed E-state index contributed by atoms with van der Waals surface area (Å²) in [6.07, 6.45) is 11.9. The lowest BCUT2D eigenvalue weighted by atomic mass is 10.1. The van der Waals surface area contributed by atoms with Crippen molar-refractivity contribution in [2.45, 2.75) is 71.1 Å². The summed E-state index contributed by atoms with van der Waals surface area (Å²) in [6, 6.07) is 0. The van der Waals surface area contributed by atoms with Gasteiger partial charge in [-0.15, -0.1) is 4.18 Å². The summed E-state index contributed by atoms with van der Waals surface area (Å²) in [7, 11) is -3.95. The molecule has 0 rings (SSSR count). The van der Waals surface area contributed by atoms with Crippen LogP contribution in [0.1, 0.15) is 71.1 Å². The Bertz CT molecular complexity index is 226. The van der Waals surface area contributed by atoms with Gasteiger partial charge in [-0.25, -0.2) is 0 Å². The first-order valence-corrected chi connectivity index (χ1v) is 8.23. The Hall–Kier alpha value is -0.0100. The molecule has 6 heteroatoms. The molecule has 0 aromatic rings. The fourth-order valence-electron chi connectivity index (χ4n) is 1.78. The van der Waals surface area contributed by atoms with Crippen molar-refractivity contribution in [2.24, 2.45) is 5.90 Å². The van der Waals surface area contributed by atoms with Gasteiger partial charge in [0.15, 0.2) is 0 Å². The second kappa shape index (κ2) is 12.0. The van der Waals surface area contributed by atoms with Crippen LogP contribution in [0.3, 0.4) is 0 Å². The minimum atomic E-state index is -3.95. The maximum atomic E-state index is 10.7. The third kappa shape index (κ3) is 12.4. The maximum Gasteiger partial charge on any atom is 0.564 e. The molecule has 18 heavy (non-hydrogen) atoms. The van der Waals surface area contributed by atoms with E-state index in [2.05, 4.69) is 21.3 Å². The first-order valence-electron chi connectivity index (χ1n) is 6.90. The SMILES string of the molecule is CCCCCCCCCCCCO[S+]([O])(=O)ON. The molecular formula is C12H27NO4S+. The van der Waals surface area contributed by atoms with Gasteiger partial charge in [0.05, 0.1) is 0 Å². The Balaban J connectivity index is 3.10. The first kappa shape index (κ1) is 18.0. The summed E-state index contributed by atoms with van der Waals surface area (Å²) < 4.78 is 29.5. The maximum absolute atomic E-state index is 10.7. The summed E-state index contributed by atoms with van der Waals surface area (Å²) in [5.41, 5.74) is 0. The first-order chi connectivity index (χ1) is 8.62. The summed E-state index contributed by atoms with van der Waals surface area (Å²) in [4.78, 5) is 0. The molecule has 5 nitrogen and oxygen atoms in total. The van der Waals surface area contributed by atoms with Crippen molar-refractivity contribution in [3.05, 3.63) is 0 Å². The van der Waals surface area contributed by atoms with E-state index in [0.29, 0.717) is 0 Å². The van der Waals surface area contributed by atoms with Gasteiger partial charge in [0, 0.05) is 4.21 Å². The van der Waals surface area contributed by atoms with Gasteiger partial charge in [0.1, 0.15) is 11.2 Å². The van der Waals surface area contributed by atoms with Crippen LogP contribution >= 0.6 is 0 Å². The van der Waals surface area contributed by atoms with Crippen molar-refractivity contribution in [3.8, 4) is 0 Å². The van der Waals surface area contributed by atoms with Gasteiger partial charge in [-0.2, -0.15) is 5.90 Å². The summed E-state index contributed by atoms with van der Waals surface area (Å²) in [5.74, 6) is 4.52. The summed E-state index contributed by atoms with van der Waals surface area (Å²) >= 11 is 0. The molecule has 0 aromatic carbocycles. The molecule has 109 valence electrons. The molecule has 0 aliphatic rings. The normalized spacial score (nSPS) is 14.6. The van der Waals surface area contributed by atoms with E-state index >= 15 is 0 Å². The van der Waals surface area contributed by atoms with Crippen LogP contribution in [-0.2, 0) is 28.0 Å². The molecule has 0 aliphatic carbocycles. The molecule has 1 atom stereocenters. The second-order valence-electron chi connectivity index (χ2n) is 4.51. The highest BCUT2D eigenvalue weighted by atomic mass is 32.3. The molecule has 0 saturated carbocycles. The van der Waals surface area contributed by atoms with Crippen LogP contribution in [-0.4, -0.2) is 6.61 Å². The van der Waals surface area contributed by atoms with Gasteiger partial charge in [-0.3, -0.25) is 0 Å². The van der Waals surface area contributed by atoms with Gasteiger partial charge in [-0.05, 0) is 10.7 Å². The predicted octanol–water partition coefficient (Wildman–Crippen LogP) is 3.49. The van der Waals surface area contributed by atoms with E-state index in [1.165, 1.54) is 44.9 Å². The highest BCUT2D eigenvalue weighted by Gasteiger charge is 2.31. The largest absolute Gasteiger partial charge is 0.564 e. The van der Waals surface area contributed by atoms with Crippen molar-refractivity contribution in [1.29, 1.82) is 0 Å². The number of hydrogen-bond acceptors (Lipinski definition) is 4. The Kier molecular flexibility index (Phi) is 12.0. The van der Waals surface area contributed by atoms with Crippen molar-refractivity contribution >= 4 is 10.8 Å². The Morgan fingerprint density at radius 1 is 0.889 bits per heavy atom. The van der Waals surface area contributed by atoms with E-state index in [1.54, 1.807) is 0 Å². The van der Waals surface area contributed by atoms with Gasteiger partial charge in [0.2, 0.25) is 0 Å². The van der Waals surface area contributed by atoms with Gasteiger partial charge in [-0.1, -0.05) is 64.7 Å². The van der Waals surface area contributed by atoms with Gasteiger partial charge < -0.3 is 0 Å². The molecule has 0 spiro atoms. The van der Waals surface area contributed by atoms with E-state index in [-0.39, 0.29) is 6.61 Å². The van der Waals surface area contributed by atoms with Crippen LogP contribution < -0.4 is 5.90 Å². The van der Waals surface area contributed by atoms with Gasteiger partial charge >= 0.3 is 10.8 Å². The molecule has 1 unspecified atom stereocenters. The van der Waals surface area contributed by atoms with Crippen molar-refractivity contribution in [2.75, 3.05) is 6.61 Å². The monoisotopic (exact) mass is 281 g/mol. The van der Waals surface area contributed by atoms with E-state index in [9.17, 15) is 8.76 Å². The lowest BCUT2D eigenvalue weighted by Crippen LogP contribution is -2.20. The second-order valence-corrected chi connectivity index (χ2v) is 5.75. The zero-order valence-electron chi connectivity index (χ0n) is 11.4. The van der Waals surface area contributed by atoms with Crippen molar-refractivity contribution in [1.82, 2.24) is 0 Å². The Morgan fingerprint density at radius 2 is 1.33 bits per heavy atom. The van der Waals surface area contributed by atoms with E-state index in [4.69, 9.17) is 0 Å².